The molecule has 0 unspecified atom stereocenters. The van der Waals surface area contributed by atoms with Gasteiger partial charge >= 0.3 is 50.1 Å². The number of hydrogen-bond acceptors (Lipinski definition) is 0. The predicted molar refractivity (Wildman–Crippen MR) is 32.0 cm³/mol. The van der Waals surface area contributed by atoms with Crippen molar-refractivity contribution in [3.63, 3.8) is 0 Å². The molecule has 0 amide bonds. The zero-order valence-electron chi connectivity index (χ0n) is 1.91. The molecule has 28 valence electrons. The molecule has 0 rings (SSSR count). The zero-order chi connectivity index (χ0) is 0. The van der Waals surface area contributed by atoms with E-state index in [0.29, 0.717) is 0 Å². The van der Waals surface area contributed by atoms with Gasteiger partial charge in [-0.2, -0.15) is 0 Å². The Morgan fingerprint density at radius 3 is 1.00 bits per heavy atom. The predicted octanol–water partition coefficient (Wildman–Crippen LogP) is -4.11. The van der Waals surface area contributed by atoms with Crippen molar-refractivity contribution in [1.82, 2.24) is 0 Å². The molecule has 4 heteroatoms. The molecule has 4 heavy (non-hydrogen) atoms. The quantitative estimate of drug-likeness (QED) is 0.383. The van der Waals surface area contributed by atoms with E-state index in [9.17, 15) is 0 Å². The van der Waals surface area contributed by atoms with Crippen LogP contribution in [0.3, 0.4) is 0 Å². The standard InChI is InChI=1S/Al.Bi.H2O.Sn.8H/h;;1H2;;;;;;;;;. The van der Waals surface area contributed by atoms with Gasteiger partial charge in [-0.3, -0.25) is 0 Å². The van der Waals surface area contributed by atoms with Crippen LogP contribution >= 0.6 is 0 Å². The van der Waals surface area contributed by atoms with E-state index in [4.69, 9.17) is 0 Å². The van der Waals surface area contributed by atoms with Crippen molar-refractivity contribution >= 4 is 67.5 Å². The Morgan fingerprint density at radius 2 is 1.00 bits per heavy atom. The summed E-state index contributed by atoms with van der Waals surface area (Å²) in [4.78, 5) is 0. The summed E-state index contributed by atoms with van der Waals surface area (Å²) in [5.74, 6) is 0. The van der Waals surface area contributed by atoms with E-state index in [-0.39, 0.29) is 72.9 Å². The van der Waals surface area contributed by atoms with Gasteiger partial charge in [-0.05, 0) is 0 Å². The van der Waals surface area contributed by atoms with Gasteiger partial charge in [-0.1, -0.05) is 0 Å². The molecule has 0 aromatic rings. The fourth-order valence-corrected chi connectivity index (χ4v) is 0. The Kier molecular flexibility index (Phi) is 167. The van der Waals surface area contributed by atoms with E-state index in [2.05, 4.69) is 0 Å². The molecule has 0 fully saturated rings. The first-order valence-corrected chi connectivity index (χ1v) is 0. The first kappa shape index (κ1) is 35.0. The average Bonchev–Trinajstić information content (AvgIpc) is 0. The number of hydrogen-bond donors (Lipinski definition) is 0. The third-order valence-electron chi connectivity index (χ3n) is 0. The van der Waals surface area contributed by atoms with Crippen LogP contribution in [0.5, 0.6) is 0 Å². The molecule has 0 aromatic heterocycles. The van der Waals surface area contributed by atoms with Crippen LogP contribution in [0, 0.1) is 0 Å². The van der Waals surface area contributed by atoms with E-state index >= 15 is 0 Å². The van der Waals surface area contributed by atoms with Crippen LogP contribution in [0.25, 0.3) is 0 Å². The molecule has 2 radical (unpaired) electrons. The monoisotopic (exact) mass is 382 g/mol. The van der Waals surface area contributed by atoms with Gasteiger partial charge in [0, 0.05) is 0 Å². The molecule has 2 N–H and O–H groups in total. The Labute approximate surface area is 72.0 Å². The molecule has 0 spiro atoms. The van der Waals surface area contributed by atoms with E-state index in [0.717, 1.165) is 0 Å². The average molecular weight is 381 g/mol. The summed E-state index contributed by atoms with van der Waals surface area (Å²) in [7, 11) is 0. The van der Waals surface area contributed by atoms with Crippen molar-refractivity contribution in [2.24, 2.45) is 0 Å². The topological polar surface area (TPSA) is 31.5 Å². The van der Waals surface area contributed by atoms with Crippen LogP contribution in [-0.2, 0) is 0 Å². The summed E-state index contributed by atoms with van der Waals surface area (Å²) in [5, 5.41) is 0. The van der Waals surface area contributed by atoms with Crippen molar-refractivity contribution in [2.45, 2.75) is 0 Å². The summed E-state index contributed by atoms with van der Waals surface area (Å²) >= 11 is 0. The third kappa shape index (κ3) is 8.90. The summed E-state index contributed by atoms with van der Waals surface area (Å²) in [6.07, 6.45) is 0. The zero-order valence-corrected chi connectivity index (χ0v) is 11.4. The second kappa shape index (κ2) is 19.1. The van der Waals surface area contributed by atoms with Gasteiger partial charge < -0.3 is 5.48 Å². The second-order valence-electron chi connectivity index (χ2n) is 0. The number of rotatable bonds is 0. The van der Waals surface area contributed by atoms with E-state index in [1.165, 1.54) is 0 Å². The fraction of sp³-hybridized carbons (Fsp3) is 0. The third-order valence-corrected chi connectivity index (χ3v) is 0. The first-order chi connectivity index (χ1) is 0. The molecular weight excluding hydrogens is 371 g/mol. The van der Waals surface area contributed by atoms with Gasteiger partial charge in [-0.25, -0.2) is 0 Å². The van der Waals surface area contributed by atoms with E-state index in [1.54, 1.807) is 0 Å². The van der Waals surface area contributed by atoms with Crippen LogP contribution in [0.1, 0.15) is 0 Å². The summed E-state index contributed by atoms with van der Waals surface area (Å²) in [6, 6.07) is 0. The van der Waals surface area contributed by atoms with Crippen LogP contribution in [0.2, 0.25) is 0 Å². The molecule has 0 atom stereocenters. The molecule has 0 heterocycles. The fourth-order valence-electron chi connectivity index (χ4n) is 0. The van der Waals surface area contributed by atoms with Crippen molar-refractivity contribution in [3.8, 4) is 0 Å². The van der Waals surface area contributed by atoms with Crippen molar-refractivity contribution in [2.75, 3.05) is 0 Å². The molecule has 0 bridgehead atoms. The van der Waals surface area contributed by atoms with Crippen molar-refractivity contribution in [3.05, 3.63) is 0 Å². The summed E-state index contributed by atoms with van der Waals surface area (Å²) < 4.78 is 0. The van der Waals surface area contributed by atoms with Gasteiger partial charge in [0.25, 0.3) is 0 Å². The molecule has 0 aliphatic carbocycles. The van der Waals surface area contributed by atoms with E-state index in [1.807, 2.05) is 0 Å². The SMILES string of the molecule is O.[AlH3].[BiH3].[SnH2]. The molecule has 0 aliphatic rings. The minimum absolute atomic E-state index is 0. The summed E-state index contributed by atoms with van der Waals surface area (Å²) in [5.41, 5.74) is 0. The Bertz CT molecular complexity index is 8.00. The first-order valence-electron chi connectivity index (χ1n) is 0. The van der Waals surface area contributed by atoms with Gasteiger partial charge in [0.15, 0.2) is 17.4 Å². The Balaban J connectivity index is 0. The molecule has 0 aromatic carbocycles. The minimum atomic E-state index is 0. The van der Waals surface area contributed by atoms with Crippen LogP contribution < -0.4 is 0 Å². The van der Waals surface area contributed by atoms with Crippen molar-refractivity contribution < 1.29 is 5.48 Å². The molecule has 0 saturated carbocycles. The van der Waals surface area contributed by atoms with Gasteiger partial charge in [0.05, 0.1) is 0 Å². The normalized spacial score (nSPS) is 0. The van der Waals surface area contributed by atoms with Gasteiger partial charge in [-0.15, -0.1) is 0 Å². The second-order valence-corrected chi connectivity index (χ2v) is 0. The van der Waals surface area contributed by atoms with Gasteiger partial charge in [0.2, 0.25) is 0 Å². The maximum atomic E-state index is 0. The molecular formula is H10AlBiOSn. The summed E-state index contributed by atoms with van der Waals surface area (Å²) in [6.45, 7) is 0. The van der Waals surface area contributed by atoms with Crippen LogP contribution in [0.4, 0.5) is 0 Å². The Hall–Kier alpha value is 2.17. The molecule has 1 nitrogen and oxygen atoms in total. The van der Waals surface area contributed by atoms with Crippen molar-refractivity contribution in [1.29, 1.82) is 0 Å². The molecule has 0 saturated heterocycles. The Morgan fingerprint density at radius 1 is 1.00 bits per heavy atom. The maximum absolute atomic E-state index is 0. The molecule has 0 aliphatic heterocycles. The van der Waals surface area contributed by atoms with Crippen LogP contribution in [0.15, 0.2) is 0 Å². The van der Waals surface area contributed by atoms with Gasteiger partial charge in [0.1, 0.15) is 0 Å². The van der Waals surface area contributed by atoms with Crippen LogP contribution in [-0.4, -0.2) is 72.9 Å². The van der Waals surface area contributed by atoms with E-state index < -0.39 is 0 Å².